The third-order valence-corrected chi connectivity index (χ3v) is 3.40. The minimum Gasteiger partial charge on any atom is -0.496 e. The average Bonchev–Trinajstić information content (AvgIpc) is 2.78. The Morgan fingerprint density at radius 3 is 2.82 bits per heavy atom. The summed E-state index contributed by atoms with van der Waals surface area (Å²) in [5.74, 6) is 0.273. The van der Waals surface area contributed by atoms with Crippen LogP contribution in [0.2, 0.25) is 0 Å². The van der Waals surface area contributed by atoms with Crippen molar-refractivity contribution in [2.24, 2.45) is 0 Å². The van der Waals surface area contributed by atoms with Crippen LogP contribution in [0.3, 0.4) is 0 Å². The number of hydrogen-bond donors (Lipinski definition) is 1. The van der Waals surface area contributed by atoms with Crippen LogP contribution >= 0.6 is 0 Å². The second-order valence-corrected chi connectivity index (χ2v) is 4.48. The quantitative estimate of drug-likeness (QED) is 0.851. The predicted octanol–water partition coefficient (Wildman–Crippen LogP) is 2.59. The summed E-state index contributed by atoms with van der Waals surface area (Å²) < 4.78 is 5.36. The number of aliphatic carboxylic acids is 1. The Hall–Kier alpha value is -1.51. The minimum atomic E-state index is -0.713. The summed E-state index contributed by atoms with van der Waals surface area (Å²) in [6.07, 6.45) is 5.20. The van der Waals surface area contributed by atoms with Crippen LogP contribution in [-0.2, 0) is 24.1 Å². The molecule has 0 fully saturated rings. The first-order chi connectivity index (χ1) is 8.22. The molecule has 0 bridgehead atoms. The fourth-order valence-corrected chi connectivity index (χ4v) is 2.60. The van der Waals surface area contributed by atoms with Gasteiger partial charge in [0.05, 0.1) is 7.11 Å². The molecule has 1 aliphatic carbocycles. The Morgan fingerprint density at radius 1 is 1.35 bits per heavy atom. The number of aryl methyl sites for hydroxylation is 1. The normalized spacial score (nSPS) is 13.5. The molecule has 0 heterocycles. The van der Waals surface area contributed by atoms with E-state index in [0.29, 0.717) is 6.42 Å². The van der Waals surface area contributed by atoms with Gasteiger partial charge in [-0.3, -0.25) is 4.79 Å². The van der Waals surface area contributed by atoms with E-state index in [4.69, 9.17) is 9.84 Å². The minimum absolute atomic E-state index is 0.251. The molecule has 1 aromatic rings. The zero-order valence-corrected chi connectivity index (χ0v) is 10.2. The van der Waals surface area contributed by atoms with Crippen LogP contribution in [0.25, 0.3) is 0 Å². The molecular formula is C14H18O3. The first-order valence-electron chi connectivity index (χ1n) is 6.12. The molecule has 17 heavy (non-hydrogen) atoms. The molecule has 1 aromatic carbocycles. The summed E-state index contributed by atoms with van der Waals surface area (Å²) in [5, 5.41) is 8.65. The molecule has 0 aliphatic heterocycles. The lowest BCUT2D eigenvalue weighted by Crippen LogP contribution is -2.00. The maximum absolute atomic E-state index is 10.5. The van der Waals surface area contributed by atoms with Gasteiger partial charge in [0.2, 0.25) is 0 Å². The highest BCUT2D eigenvalue weighted by Crippen LogP contribution is 2.33. The molecule has 0 spiro atoms. The second-order valence-electron chi connectivity index (χ2n) is 4.48. The van der Waals surface area contributed by atoms with Crippen LogP contribution in [0.15, 0.2) is 12.1 Å². The molecule has 0 saturated carbocycles. The van der Waals surface area contributed by atoms with Gasteiger partial charge in [-0.15, -0.1) is 0 Å². The first kappa shape index (κ1) is 12.0. The maximum Gasteiger partial charge on any atom is 0.303 e. The highest BCUT2D eigenvalue weighted by Gasteiger charge is 2.18. The fourth-order valence-electron chi connectivity index (χ4n) is 2.60. The van der Waals surface area contributed by atoms with E-state index in [1.54, 1.807) is 7.11 Å². The van der Waals surface area contributed by atoms with E-state index in [1.165, 1.54) is 23.1 Å². The molecule has 0 atom stereocenters. The van der Waals surface area contributed by atoms with Gasteiger partial charge in [-0.25, -0.2) is 0 Å². The van der Waals surface area contributed by atoms with E-state index in [-0.39, 0.29) is 6.42 Å². The summed E-state index contributed by atoms with van der Waals surface area (Å²) in [4.78, 5) is 10.5. The van der Waals surface area contributed by atoms with Crippen molar-refractivity contribution in [2.75, 3.05) is 7.11 Å². The average molecular weight is 234 g/mol. The van der Waals surface area contributed by atoms with Crippen LogP contribution < -0.4 is 4.74 Å². The summed E-state index contributed by atoms with van der Waals surface area (Å²) >= 11 is 0. The maximum atomic E-state index is 10.5. The zero-order chi connectivity index (χ0) is 12.3. The zero-order valence-electron chi connectivity index (χ0n) is 10.2. The monoisotopic (exact) mass is 234 g/mol. The SMILES string of the molecule is COc1ccc(CCCC(=O)O)c2c1CCC2. The van der Waals surface area contributed by atoms with Gasteiger partial charge in [0.25, 0.3) is 0 Å². The van der Waals surface area contributed by atoms with Crippen molar-refractivity contribution in [3.63, 3.8) is 0 Å². The molecule has 0 radical (unpaired) electrons. The summed E-state index contributed by atoms with van der Waals surface area (Å²) in [5.41, 5.74) is 4.04. The Labute approximate surface area is 101 Å². The van der Waals surface area contributed by atoms with E-state index in [0.717, 1.165) is 25.0 Å². The number of fused-ring (bicyclic) bond motifs is 1. The Kier molecular flexibility index (Phi) is 3.67. The van der Waals surface area contributed by atoms with Crippen LogP contribution in [0.5, 0.6) is 5.75 Å². The lowest BCUT2D eigenvalue weighted by atomic mass is 9.98. The highest BCUT2D eigenvalue weighted by atomic mass is 16.5. The molecule has 3 nitrogen and oxygen atoms in total. The molecule has 0 saturated heterocycles. The molecule has 0 amide bonds. The van der Waals surface area contributed by atoms with E-state index >= 15 is 0 Å². The number of carbonyl (C=O) groups is 1. The van der Waals surface area contributed by atoms with E-state index in [2.05, 4.69) is 6.07 Å². The van der Waals surface area contributed by atoms with Gasteiger partial charge in [-0.05, 0) is 54.9 Å². The lowest BCUT2D eigenvalue weighted by Gasteiger charge is -2.11. The van der Waals surface area contributed by atoms with Crippen molar-refractivity contribution in [1.82, 2.24) is 0 Å². The smallest absolute Gasteiger partial charge is 0.303 e. The third-order valence-electron chi connectivity index (χ3n) is 3.40. The predicted molar refractivity (Wildman–Crippen MR) is 65.6 cm³/mol. The van der Waals surface area contributed by atoms with Gasteiger partial charge >= 0.3 is 5.97 Å². The standard InChI is InChI=1S/C14H18O3/c1-17-13-9-8-10(4-2-7-14(15)16)11-5-3-6-12(11)13/h8-9H,2-7H2,1H3,(H,15,16). The molecule has 0 aromatic heterocycles. The van der Waals surface area contributed by atoms with E-state index < -0.39 is 5.97 Å². The van der Waals surface area contributed by atoms with Crippen molar-refractivity contribution in [2.45, 2.75) is 38.5 Å². The van der Waals surface area contributed by atoms with Gasteiger partial charge in [-0.2, -0.15) is 0 Å². The van der Waals surface area contributed by atoms with Crippen molar-refractivity contribution in [1.29, 1.82) is 0 Å². The van der Waals surface area contributed by atoms with Crippen LogP contribution in [-0.4, -0.2) is 18.2 Å². The number of hydrogen-bond acceptors (Lipinski definition) is 2. The highest BCUT2D eigenvalue weighted by molar-refractivity contribution is 5.66. The first-order valence-corrected chi connectivity index (χ1v) is 6.12. The Balaban J connectivity index is 2.13. The van der Waals surface area contributed by atoms with Crippen molar-refractivity contribution >= 4 is 5.97 Å². The number of methoxy groups -OCH3 is 1. The van der Waals surface area contributed by atoms with Gasteiger partial charge in [0.15, 0.2) is 0 Å². The molecule has 2 rings (SSSR count). The van der Waals surface area contributed by atoms with Gasteiger partial charge < -0.3 is 9.84 Å². The molecule has 1 aliphatic rings. The van der Waals surface area contributed by atoms with Gasteiger partial charge in [0, 0.05) is 6.42 Å². The van der Waals surface area contributed by atoms with E-state index in [9.17, 15) is 4.79 Å². The summed E-state index contributed by atoms with van der Waals surface area (Å²) in [6.45, 7) is 0. The van der Waals surface area contributed by atoms with Crippen molar-refractivity contribution in [3.8, 4) is 5.75 Å². The topological polar surface area (TPSA) is 46.5 Å². The number of rotatable bonds is 5. The van der Waals surface area contributed by atoms with Crippen LogP contribution in [0.4, 0.5) is 0 Å². The van der Waals surface area contributed by atoms with Crippen molar-refractivity contribution in [3.05, 3.63) is 28.8 Å². The van der Waals surface area contributed by atoms with Crippen LogP contribution in [0.1, 0.15) is 36.0 Å². The van der Waals surface area contributed by atoms with Crippen molar-refractivity contribution < 1.29 is 14.6 Å². The Morgan fingerprint density at radius 2 is 2.12 bits per heavy atom. The molecule has 92 valence electrons. The lowest BCUT2D eigenvalue weighted by molar-refractivity contribution is -0.137. The molecule has 0 unspecified atom stereocenters. The van der Waals surface area contributed by atoms with Gasteiger partial charge in [-0.1, -0.05) is 6.07 Å². The Bertz CT molecular complexity index is 424. The molecule has 3 heteroatoms. The number of carboxylic acid groups (broad SMARTS) is 1. The summed E-state index contributed by atoms with van der Waals surface area (Å²) in [6, 6.07) is 4.10. The largest absolute Gasteiger partial charge is 0.496 e. The second kappa shape index (κ2) is 5.21. The fraction of sp³-hybridized carbons (Fsp3) is 0.500. The van der Waals surface area contributed by atoms with E-state index in [1.807, 2.05) is 6.07 Å². The molecule has 1 N–H and O–H groups in total. The van der Waals surface area contributed by atoms with Gasteiger partial charge in [0.1, 0.15) is 5.75 Å². The number of benzene rings is 1. The summed E-state index contributed by atoms with van der Waals surface area (Å²) in [7, 11) is 1.71. The number of ether oxygens (including phenoxy) is 1. The molecular weight excluding hydrogens is 216 g/mol. The van der Waals surface area contributed by atoms with Crippen LogP contribution in [0, 0.1) is 0 Å². The number of carboxylic acids is 1. The third kappa shape index (κ3) is 2.60.